The zero-order chi connectivity index (χ0) is 27.7. The molecule has 0 aliphatic heterocycles. The minimum Gasteiger partial charge on any atom is -0.455 e. The van der Waals surface area contributed by atoms with E-state index in [2.05, 4.69) is 62.4 Å². The number of azo groups is 1. The minimum absolute atomic E-state index is 0.0121. The van der Waals surface area contributed by atoms with Gasteiger partial charge in [-0.3, -0.25) is 10.1 Å². The number of nitrogens with zero attached hydrogens (tertiary/aromatic N) is 5. The number of hydrogen-bond acceptors (Lipinski definition) is 7. The molecule has 0 bridgehead atoms. The second-order valence-electron chi connectivity index (χ2n) is 10.2. The summed E-state index contributed by atoms with van der Waals surface area (Å²) in [6, 6.07) is 17.9. The molecule has 3 aromatic rings. The first kappa shape index (κ1) is 28.6. The van der Waals surface area contributed by atoms with Crippen molar-refractivity contribution in [1.82, 2.24) is 0 Å². The molecule has 0 saturated heterocycles. The predicted molar refractivity (Wildman–Crippen MR) is 155 cm³/mol. The molecule has 0 amide bonds. The monoisotopic (exact) mass is 519 g/mol. The quantitative estimate of drug-likeness (QED) is 0.109. The maximum atomic E-state index is 10.9. The molecule has 0 fully saturated rings. The molecule has 0 aliphatic rings. The Bertz CT molecular complexity index is 1250. The molecule has 0 spiro atoms. The van der Waals surface area contributed by atoms with E-state index in [4.69, 9.17) is 4.74 Å². The van der Waals surface area contributed by atoms with Crippen LogP contribution in [0.3, 0.4) is 0 Å². The number of rotatable bonds is 13. The van der Waals surface area contributed by atoms with Crippen LogP contribution in [0.15, 0.2) is 70.9 Å². The van der Waals surface area contributed by atoms with Crippen molar-refractivity contribution in [3.63, 3.8) is 0 Å². The summed E-state index contributed by atoms with van der Waals surface area (Å²) in [6.07, 6.45) is 1.07. The van der Waals surface area contributed by atoms with Gasteiger partial charge in [0.05, 0.1) is 38.3 Å². The van der Waals surface area contributed by atoms with E-state index in [9.17, 15) is 10.1 Å². The highest BCUT2D eigenvalue weighted by atomic mass is 16.6. The highest BCUT2D eigenvalue weighted by Crippen LogP contribution is 2.37. The van der Waals surface area contributed by atoms with Gasteiger partial charge in [0.2, 0.25) is 0 Å². The Morgan fingerprint density at radius 2 is 1.74 bits per heavy atom. The van der Waals surface area contributed by atoms with Crippen LogP contribution in [0, 0.1) is 17.0 Å². The van der Waals surface area contributed by atoms with Crippen LogP contribution in [-0.4, -0.2) is 56.7 Å². The van der Waals surface area contributed by atoms with E-state index in [0.29, 0.717) is 22.9 Å². The second kappa shape index (κ2) is 13.0. The molecule has 9 heteroatoms. The average Bonchev–Trinajstić information content (AvgIpc) is 2.87. The number of nitro groups is 1. The van der Waals surface area contributed by atoms with E-state index in [-0.39, 0.29) is 5.69 Å². The van der Waals surface area contributed by atoms with Crippen LogP contribution in [0.25, 0.3) is 0 Å². The van der Waals surface area contributed by atoms with Gasteiger partial charge in [0.25, 0.3) is 5.69 Å². The standard InChI is InChI=1S/C29H39N6O3/c1-7-30-28-21-26(16-10-22(28)3)38-29-20-25(33(8-2)18-9-19-35(4,5)6)15-17-27(29)32-31-23-11-13-24(14-12-23)34(36)37/h10-17,20-21,30H,7-9,18-19H2,1-6H3/q+1. The Morgan fingerprint density at radius 1 is 1.00 bits per heavy atom. The van der Waals surface area contributed by atoms with Gasteiger partial charge in [0.15, 0.2) is 5.75 Å². The summed E-state index contributed by atoms with van der Waals surface area (Å²) in [5, 5.41) is 23.1. The lowest BCUT2D eigenvalue weighted by Gasteiger charge is -2.28. The summed E-state index contributed by atoms with van der Waals surface area (Å²) in [5.74, 6) is 1.29. The molecule has 3 aromatic carbocycles. The number of benzene rings is 3. The Labute approximate surface area is 225 Å². The van der Waals surface area contributed by atoms with E-state index in [1.54, 1.807) is 12.1 Å². The molecule has 0 unspecified atom stereocenters. The van der Waals surface area contributed by atoms with Crippen LogP contribution in [0.2, 0.25) is 0 Å². The minimum atomic E-state index is -0.436. The van der Waals surface area contributed by atoms with Gasteiger partial charge < -0.3 is 19.4 Å². The van der Waals surface area contributed by atoms with E-state index in [1.807, 2.05) is 36.4 Å². The summed E-state index contributed by atoms with van der Waals surface area (Å²) >= 11 is 0. The number of quaternary nitrogens is 1. The third-order valence-corrected chi connectivity index (χ3v) is 6.09. The fourth-order valence-corrected chi connectivity index (χ4v) is 3.99. The smallest absolute Gasteiger partial charge is 0.269 e. The van der Waals surface area contributed by atoms with E-state index < -0.39 is 4.92 Å². The largest absolute Gasteiger partial charge is 0.455 e. The number of aryl methyl sites for hydroxylation is 1. The summed E-state index contributed by atoms with van der Waals surface area (Å²) in [5.41, 5.74) is 4.31. The summed E-state index contributed by atoms with van der Waals surface area (Å²) in [7, 11) is 6.61. The predicted octanol–water partition coefficient (Wildman–Crippen LogP) is 7.47. The lowest BCUT2D eigenvalue weighted by Crippen LogP contribution is -2.37. The number of nitro benzene ring substituents is 1. The zero-order valence-electron chi connectivity index (χ0n) is 23.3. The molecule has 0 atom stereocenters. The first-order chi connectivity index (χ1) is 18.1. The summed E-state index contributed by atoms with van der Waals surface area (Å²) < 4.78 is 7.30. The lowest BCUT2D eigenvalue weighted by atomic mass is 10.2. The molecular formula is C29H39N6O3+. The number of ether oxygens (including phenoxy) is 1. The van der Waals surface area contributed by atoms with Crippen molar-refractivity contribution in [3.05, 3.63) is 76.3 Å². The van der Waals surface area contributed by atoms with Gasteiger partial charge in [0.1, 0.15) is 11.4 Å². The van der Waals surface area contributed by atoms with Crippen molar-refractivity contribution in [3.8, 4) is 11.5 Å². The topological polar surface area (TPSA) is 92.4 Å². The first-order valence-corrected chi connectivity index (χ1v) is 13.0. The van der Waals surface area contributed by atoms with E-state index >= 15 is 0 Å². The van der Waals surface area contributed by atoms with Gasteiger partial charge in [-0.1, -0.05) is 6.07 Å². The molecule has 0 radical (unpaired) electrons. The Hall–Kier alpha value is -3.98. The van der Waals surface area contributed by atoms with Crippen molar-refractivity contribution in [2.75, 3.05) is 57.5 Å². The Morgan fingerprint density at radius 3 is 2.37 bits per heavy atom. The second-order valence-corrected chi connectivity index (χ2v) is 10.2. The Balaban J connectivity index is 1.93. The molecule has 0 saturated carbocycles. The van der Waals surface area contributed by atoms with Crippen molar-refractivity contribution < 1.29 is 14.1 Å². The molecule has 0 heterocycles. The number of hydrogen-bond donors (Lipinski definition) is 1. The van der Waals surface area contributed by atoms with Crippen LogP contribution >= 0.6 is 0 Å². The molecule has 0 aromatic heterocycles. The molecule has 3 rings (SSSR count). The number of non-ortho nitro benzene ring substituents is 1. The molecule has 38 heavy (non-hydrogen) atoms. The first-order valence-electron chi connectivity index (χ1n) is 13.0. The van der Waals surface area contributed by atoms with Crippen molar-refractivity contribution >= 4 is 28.4 Å². The number of nitrogens with one attached hydrogen (secondary N) is 1. The van der Waals surface area contributed by atoms with Crippen LogP contribution in [0.1, 0.15) is 25.8 Å². The lowest BCUT2D eigenvalue weighted by molar-refractivity contribution is -0.870. The molecule has 1 N–H and O–H groups in total. The average molecular weight is 520 g/mol. The van der Waals surface area contributed by atoms with Crippen molar-refractivity contribution in [1.29, 1.82) is 0 Å². The van der Waals surface area contributed by atoms with Gasteiger partial charge in [-0.05, 0) is 56.7 Å². The fourth-order valence-electron chi connectivity index (χ4n) is 3.99. The van der Waals surface area contributed by atoms with Crippen LogP contribution in [0.4, 0.5) is 28.4 Å². The third-order valence-electron chi connectivity index (χ3n) is 6.09. The zero-order valence-corrected chi connectivity index (χ0v) is 23.3. The molecule has 0 aliphatic carbocycles. The van der Waals surface area contributed by atoms with Crippen molar-refractivity contribution in [2.45, 2.75) is 27.2 Å². The van der Waals surface area contributed by atoms with Crippen LogP contribution in [-0.2, 0) is 0 Å². The van der Waals surface area contributed by atoms with E-state index in [1.165, 1.54) is 12.1 Å². The molecular weight excluding hydrogens is 480 g/mol. The van der Waals surface area contributed by atoms with Crippen LogP contribution < -0.4 is 15.0 Å². The fraction of sp³-hybridized carbons (Fsp3) is 0.379. The van der Waals surface area contributed by atoms with Crippen LogP contribution in [0.5, 0.6) is 11.5 Å². The summed E-state index contributed by atoms with van der Waals surface area (Å²) in [4.78, 5) is 12.8. The van der Waals surface area contributed by atoms with Gasteiger partial charge in [-0.15, -0.1) is 5.11 Å². The third kappa shape index (κ3) is 8.27. The normalized spacial score (nSPS) is 11.5. The van der Waals surface area contributed by atoms with Gasteiger partial charge in [-0.25, -0.2) is 0 Å². The van der Waals surface area contributed by atoms with Crippen molar-refractivity contribution in [2.24, 2.45) is 10.2 Å². The molecule has 9 nitrogen and oxygen atoms in total. The maximum absolute atomic E-state index is 10.9. The van der Waals surface area contributed by atoms with Gasteiger partial charge in [-0.2, -0.15) is 5.11 Å². The maximum Gasteiger partial charge on any atom is 0.269 e. The molecule has 202 valence electrons. The SMILES string of the molecule is CCNc1cc(Oc2cc(N(CC)CCC[N+](C)(C)C)ccc2N=Nc2ccc([N+](=O)[O-])cc2)ccc1C. The van der Waals surface area contributed by atoms with Gasteiger partial charge >= 0.3 is 0 Å². The number of anilines is 2. The van der Waals surface area contributed by atoms with Gasteiger partial charge in [0, 0.05) is 61.7 Å². The highest BCUT2D eigenvalue weighted by molar-refractivity contribution is 5.64. The highest BCUT2D eigenvalue weighted by Gasteiger charge is 2.14. The summed E-state index contributed by atoms with van der Waals surface area (Å²) in [6.45, 7) is 9.97. The Kier molecular flexibility index (Phi) is 9.78. The van der Waals surface area contributed by atoms with E-state index in [0.717, 1.165) is 54.0 Å².